The quantitative estimate of drug-likeness (QED) is 0.345. The Morgan fingerprint density at radius 3 is 2.00 bits per heavy atom. The molecule has 152 valence electrons. The van der Waals surface area contributed by atoms with Crippen LogP contribution in [0.3, 0.4) is 0 Å². The highest BCUT2D eigenvalue weighted by atomic mass is 16.6. The minimum atomic E-state index is -0.496. The highest BCUT2D eigenvalue weighted by molar-refractivity contribution is 5.93. The second kappa shape index (κ2) is 9.97. The first-order chi connectivity index (χ1) is 14.5. The molecule has 0 bridgehead atoms. The molecular formula is C23H21N3O4. The van der Waals surface area contributed by atoms with Crippen molar-refractivity contribution in [3.8, 4) is 5.75 Å². The van der Waals surface area contributed by atoms with Gasteiger partial charge in [0.05, 0.1) is 4.92 Å². The van der Waals surface area contributed by atoms with Crippen molar-refractivity contribution in [2.75, 3.05) is 6.61 Å². The number of ether oxygens (including phenoxy) is 1. The van der Waals surface area contributed by atoms with Gasteiger partial charge in [-0.05, 0) is 30.2 Å². The lowest BCUT2D eigenvalue weighted by Crippen LogP contribution is -2.26. The molecule has 0 unspecified atom stereocenters. The van der Waals surface area contributed by atoms with Crippen LogP contribution in [-0.4, -0.2) is 23.1 Å². The van der Waals surface area contributed by atoms with Crippen LogP contribution in [-0.2, 0) is 4.79 Å². The molecule has 0 aliphatic carbocycles. The minimum absolute atomic E-state index is 0.0418. The Morgan fingerprint density at radius 2 is 1.50 bits per heavy atom. The molecule has 0 aromatic heterocycles. The number of rotatable bonds is 8. The number of hydrogen-bond acceptors (Lipinski definition) is 5. The van der Waals surface area contributed by atoms with Gasteiger partial charge in [-0.1, -0.05) is 60.7 Å². The van der Waals surface area contributed by atoms with Gasteiger partial charge in [0.15, 0.2) is 6.61 Å². The van der Waals surface area contributed by atoms with Crippen molar-refractivity contribution in [1.29, 1.82) is 0 Å². The second-order valence-corrected chi connectivity index (χ2v) is 6.58. The molecule has 0 aliphatic heterocycles. The summed E-state index contributed by atoms with van der Waals surface area (Å²) in [6.45, 7) is 1.61. The van der Waals surface area contributed by atoms with E-state index >= 15 is 0 Å². The molecule has 0 aliphatic rings. The fourth-order valence-corrected chi connectivity index (χ4v) is 3.03. The number of non-ortho nitro benzene ring substituents is 1. The Bertz CT molecular complexity index is 980. The van der Waals surface area contributed by atoms with Crippen LogP contribution in [0.4, 0.5) is 5.69 Å². The lowest BCUT2D eigenvalue weighted by atomic mass is 9.88. The summed E-state index contributed by atoms with van der Waals surface area (Å²) in [6, 6.07) is 25.4. The number of nitrogens with zero attached hydrogens (tertiary/aromatic N) is 2. The predicted molar refractivity (Wildman–Crippen MR) is 115 cm³/mol. The molecule has 3 aromatic rings. The smallest absolute Gasteiger partial charge is 0.277 e. The first-order valence-corrected chi connectivity index (χ1v) is 9.35. The van der Waals surface area contributed by atoms with E-state index in [0.29, 0.717) is 5.75 Å². The third kappa shape index (κ3) is 5.51. The molecule has 0 atom stereocenters. The number of carbonyl (C=O) groups excluding carboxylic acids is 1. The SMILES string of the molecule is C/C(=N\NC(=O)COc1ccc([N+](=O)[O-])cc1)C(c1ccccc1)c1ccccc1. The van der Waals surface area contributed by atoms with Crippen LogP contribution in [0.25, 0.3) is 0 Å². The zero-order chi connectivity index (χ0) is 21.3. The van der Waals surface area contributed by atoms with E-state index in [4.69, 9.17) is 4.74 Å². The largest absolute Gasteiger partial charge is 0.484 e. The second-order valence-electron chi connectivity index (χ2n) is 6.58. The Hall–Kier alpha value is -4.00. The fourth-order valence-electron chi connectivity index (χ4n) is 3.03. The van der Waals surface area contributed by atoms with Crippen LogP contribution < -0.4 is 10.2 Å². The third-order valence-electron chi connectivity index (χ3n) is 4.46. The molecular weight excluding hydrogens is 382 g/mol. The lowest BCUT2D eigenvalue weighted by Gasteiger charge is -2.18. The maximum atomic E-state index is 12.1. The van der Waals surface area contributed by atoms with Gasteiger partial charge >= 0.3 is 0 Å². The standard InChI is InChI=1S/C23H21N3O4/c1-17(23(18-8-4-2-5-9-18)19-10-6-3-7-11-19)24-25-22(27)16-30-21-14-12-20(13-15-21)26(28)29/h2-15,23H,16H2,1H3,(H,25,27)/b24-17+. The summed E-state index contributed by atoms with van der Waals surface area (Å²) in [5.74, 6) is -0.154. The van der Waals surface area contributed by atoms with E-state index in [9.17, 15) is 14.9 Å². The van der Waals surface area contributed by atoms with Crippen molar-refractivity contribution >= 4 is 17.3 Å². The average molecular weight is 403 g/mol. The number of hydrogen-bond donors (Lipinski definition) is 1. The normalized spacial score (nSPS) is 11.2. The number of hydrazone groups is 1. The van der Waals surface area contributed by atoms with Gasteiger partial charge in [0.2, 0.25) is 0 Å². The average Bonchev–Trinajstić information content (AvgIpc) is 2.78. The number of nitrogens with one attached hydrogen (secondary N) is 1. The predicted octanol–water partition coefficient (Wildman–Crippen LogP) is 4.30. The van der Waals surface area contributed by atoms with Gasteiger partial charge in [-0.25, -0.2) is 5.43 Å². The first kappa shape index (κ1) is 20.7. The molecule has 0 radical (unpaired) electrons. The summed E-state index contributed by atoms with van der Waals surface area (Å²) < 4.78 is 5.36. The third-order valence-corrected chi connectivity index (χ3v) is 4.46. The summed E-state index contributed by atoms with van der Waals surface area (Å²) in [4.78, 5) is 22.3. The molecule has 7 heteroatoms. The molecule has 7 nitrogen and oxygen atoms in total. The molecule has 0 saturated carbocycles. The van der Waals surface area contributed by atoms with Crippen LogP contribution in [0.5, 0.6) is 5.75 Å². The van der Waals surface area contributed by atoms with Crippen molar-refractivity contribution in [3.05, 3.63) is 106 Å². The van der Waals surface area contributed by atoms with Gasteiger partial charge in [-0.2, -0.15) is 5.10 Å². The zero-order valence-electron chi connectivity index (χ0n) is 16.4. The monoisotopic (exact) mass is 403 g/mol. The molecule has 1 N–H and O–H groups in total. The first-order valence-electron chi connectivity index (χ1n) is 9.35. The fraction of sp³-hybridized carbons (Fsp3) is 0.130. The number of nitro groups is 1. The van der Waals surface area contributed by atoms with E-state index in [0.717, 1.165) is 16.8 Å². The van der Waals surface area contributed by atoms with E-state index < -0.39 is 10.8 Å². The van der Waals surface area contributed by atoms with Crippen molar-refractivity contribution in [2.24, 2.45) is 5.10 Å². The molecule has 30 heavy (non-hydrogen) atoms. The van der Waals surface area contributed by atoms with E-state index in [1.165, 1.54) is 24.3 Å². The molecule has 0 saturated heterocycles. The topological polar surface area (TPSA) is 93.8 Å². The highest BCUT2D eigenvalue weighted by Gasteiger charge is 2.17. The van der Waals surface area contributed by atoms with Gasteiger partial charge in [0.25, 0.3) is 11.6 Å². The van der Waals surface area contributed by atoms with Gasteiger partial charge in [0.1, 0.15) is 5.75 Å². The summed E-state index contributed by atoms with van der Waals surface area (Å²) in [5, 5.41) is 14.9. The summed E-state index contributed by atoms with van der Waals surface area (Å²) in [6.07, 6.45) is 0. The number of amides is 1. The maximum absolute atomic E-state index is 12.1. The van der Waals surface area contributed by atoms with Crippen LogP contribution in [0.15, 0.2) is 90.0 Å². The van der Waals surface area contributed by atoms with E-state index in [1.54, 1.807) is 0 Å². The lowest BCUT2D eigenvalue weighted by molar-refractivity contribution is -0.384. The Morgan fingerprint density at radius 1 is 0.967 bits per heavy atom. The molecule has 0 spiro atoms. The van der Waals surface area contributed by atoms with Crippen LogP contribution in [0.2, 0.25) is 0 Å². The molecule has 3 aromatic carbocycles. The van der Waals surface area contributed by atoms with Crippen molar-refractivity contribution < 1.29 is 14.5 Å². The van der Waals surface area contributed by atoms with E-state index in [1.807, 2.05) is 67.6 Å². The van der Waals surface area contributed by atoms with Gasteiger partial charge < -0.3 is 4.74 Å². The van der Waals surface area contributed by atoms with Crippen LogP contribution in [0, 0.1) is 10.1 Å². The van der Waals surface area contributed by atoms with Gasteiger partial charge in [-0.3, -0.25) is 14.9 Å². The van der Waals surface area contributed by atoms with Crippen LogP contribution >= 0.6 is 0 Å². The summed E-state index contributed by atoms with van der Waals surface area (Å²) >= 11 is 0. The Balaban J connectivity index is 1.65. The number of benzene rings is 3. The van der Waals surface area contributed by atoms with Gasteiger partial charge in [0, 0.05) is 23.8 Å². The van der Waals surface area contributed by atoms with Crippen molar-refractivity contribution in [1.82, 2.24) is 5.43 Å². The molecule has 0 heterocycles. The highest BCUT2D eigenvalue weighted by Crippen LogP contribution is 2.26. The van der Waals surface area contributed by atoms with Crippen molar-refractivity contribution in [2.45, 2.75) is 12.8 Å². The number of nitro benzene ring substituents is 1. The Labute approximate surface area is 174 Å². The zero-order valence-corrected chi connectivity index (χ0v) is 16.4. The minimum Gasteiger partial charge on any atom is -0.484 e. The molecule has 3 rings (SSSR count). The van der Waals surface area contributed by atoms with Crippen molar-refractivity contribution in [3.63, 3.8) is 0 Å². The van der Waals surface area contributed by atoms with E-state index in [2.05, 4.69) is 10.5 Å². The van der Waals surface area contributed by atoms with E-state index in [-0.39, 0.29) is 18.2 Å². The number of carbonyl (C=O) groups is 1. The summed E-state index contributed by atoms with van der Waals surface area (Å²) in [5.41, 5.74) is 5.35. The molecule has 0 fully saturated rings. The van der Waals surface area contributed by atoms with Gasteiger partial charge in [-0.15, -0.1) is 0 Å². The molecule has 1 amide bonds. The van der Waals surface area contributed by atoms with Crippen LogP contribution in [0.1, 0.15) is 24.0 Å². The maximum Gasteiger partial charge on any atom is 0.277 e. The summed E-state index contributed by atoms with van der Waals surface area (Å²) in [7, 11) is 0. The Kier molecular flexibility index (Phi) is 6.89.